The Labute approximate surface area is 222 Å². The predicted molar refractivity (Wildman–Crippen MR) is 142 cm³/mol. The zero-order valence-electron chi connectivity index (χ0n) is 21.0. The molecule has 0 unspecified atom stereocenters. The van der Waals surface area contributed by atoms with Crippen LogP contribution in [0.1, 0.15) is 35.7 Å². The highest BCUT2D eigenvalue weighted by Gasteiger charge is 2.26. The third kappa shape index (κ3) is 5.98. The maximum atomic E-state index is 13.9. The van der Waals surface area contributed by atoms with Crippen molar-refractivity contribution in [1.82, 2.24) is 19.8 Å². The third-order valence-electron chi connectivity index (χ3n) is 6.73. The number of carbonyl (C=O) groups excluding carboxylic acids is 1. The van der Waals surface area contributed by atoms with Crippen LogP contribution in [-0.4, -0.2) is 52.5 Å². The minimum absolute atomic E-state index is 0.00943. The number of anilines is 3. The van der Waals surface area contributed by atoms with Crippen LogP contribution in [0.15, 0.2) is 47.4 Å². The molecule has 2 aliphatic rings. The van der Waals surface area contributed by atoms with E-state index in [-0.39, 0.29) is 29.1 Å². The van der Waals surface area contributed by atoms with Crippen LogP contribution in [0, 0.1) is 17.0 Å². The fourth-order valence-corrected chi connectivity index (χ4v) is 4.71. The number of hydrogen-bond donors (Lipinski definition) is 5. The van der Waals surface area contributed by atoms with Crippen LogP contribution < -0.4 is 32.1 Å². The van der Waals surface area contributed by atoms with E-state index < -0.39 is 23.2 Å². The molecule has 2 aromatic carbocycles. The van der Waals surface area contributed by atoms with Gasteiger partial charge < -0.3 is 31.3 Å². The molecule has 204 valence electrons. The van der Waals surface area contributed by atoms with Crippen molar-refractivity contribution >= 4 is 29.1 Å². The van der Waals surface area contributed by atoms with E-state index in [1.807, 2.05) is 0 Å². The Balaban J connectivity index is 1.23. The maximum Gasteiger partial charge on any atom is 0.350 e. The number of piperidine rings is 1. The van der Waals surface area contributed by atoms with Crippen molar-refractivity contribution in [3.63, 3.8) is 0 Å². The first-order chi connectivity index (χ1) is 18.8. The highest BCUT2D eigenvalue weighted by Crippen LogP contribution is 2.41. The molecule has 0 saturated carbocycles. The Morgan fingerprint density at radius 2 is 1.97 bits per heavy atom. The molecular formula is C26H28F2N8O3. The number of amides is 1. The molecule has 0 bridgehead atoms. The van der Waals surface area contributed by atoms with Gasteiger partial charge >= 0.3 is 5.69 Å². The van der Waals surface area contributed by atoms with Crippen LogP contribution in [0.5, 0.6) is 11.5 Å². The van der Waals surface area contributed by atoms with Gasteiger partial charge in [0.05, 0.1) is 17.6 Å². The first-order valence-electron chi connectivity index (χ1n) is 12.6. The van der Waals surface area contributed by atoms with Gasteiger partial charge in [0, 0.05) is 37.3 Å². The number of nitrogens with zero attached hydrogens (tertiary/aromatic N) is 3. The van der Waals surface area contributed by atoms with Gasteiger partial charge in [0.1, 0.15) is 11.6 Å². The Morgan fingerprint density at radius 3 is 2.72 bits per heavy atom. The van der Waals surface area contributed by atoms with Gasteiger partial charge in [-0.15, -0.1) is 0 Å². The molecule has 0 spiro atoms. The lowest BCUT2D eigenvalue weighted by molar-refractivity contribution is 0.102. The van der Waals surface area contributed by atoms with Crippen molar-refractivity contribution in [2.75, 3.05) is 36.8 Å². The molecule has 1 fully saturated rings. The second-order valence-corrected chi connectivity index (χ2v) is 9.43. The van der Waals surface area contributed by atoms with Gasteiger partial charge in [0.2, 0.25) is 0 Å². The summed E-state index contributed by atoms with van der Waals surface area (Å²) in [6.45, 7) is 3.20. The third-order valence-corrected chi connectivity index (χ3v) is 6.73. The average molecular weight is 539 g/mol. The molecule has 3 aromatic rings. The number of ether oxygens (including phenoxy) is 1. The van der Waals surface area contributed by atoms with E-state index in [0.717, 1.165) is 51.0 Å². The Bertz CT molecular complexity index is 1470. The fourth-order valence-electron chi connectivity index (χ4n) is 4.71. The van der Waals surface area contributed by atoms with Gasteiger partial charge in [-0.05, 0) is 56.1 Å². The maximum absolute atomic E-state index is 13.9. The van der Waals surface area contributed by atoms with E-state index >= 15 is 0 Å². The summed E-state index contributed by atoms with van der Waals surface area (Å²) in [7, 11) is 0. The summed E-state index contributed by atoms with van der Waals surface area (Å²) < 4.78 is 34.7. The van der Waals surface area contributed by atoms with Crippen LogP contribution in [0.3, 0.4) is 0 Å². The van der Waals surface area contributed by atoms with Gasteiger partial charge in [-0.1, -0.05) is 0 Å². The number of likely N-dealkylation sites (tertiary alicyclic amines) is 1. The van der Waals surface area contributed by atoms with Crippen molar-refractivity contribution in [2.24, 2.45) is 5.73 Å². The van der Waals surface area contributed by atoms with Crippen molar-refractivity contribution < 1.29 is 18.3 Å². The van der Waals surface area contributed by atoms with Gasteiger partial charge in [-0.3, -0.25) is 14.8 Å². The second kappa shape index (κ2) is 11.1. The molecule has 3 heterocycles. The summed E-state index contributed by atoms with van der Waals surface area (Å²) in [5.74, 6) is -1.19. The van der Waals surface area contributed by atoms with Crippen LogP contribution in [0.2, 0.25) is 0 Å². The number of benzene rings is 2. The van der Waals surface area contributed by atoms with Gasteiger partial charge in [0.15, 0.2) is 23.3 Å². The molecule has 1 aromatic heterocycles. The lowest BCUT2D eigenvalue weighted by Crippen LogP contribution is -2.39. The van der Waals surface area contributed by atoms with Gasteiger partial charge in [-0.25, -0.2) is 13.6 Å². The van der Waals surface area contributed by atoms with Crippen LogP contribution in [0.25, 0.3) is 0 Å². The van der Waals surface area contributed by atoms with Crippen LogP contribution in [-0.2, 0) is 0 Å². The van der Waals surface area contributed by atoms with Crippen molar-refractivity contribution in [3.8, 4) is 11.5 Å². The number of hydrogen-bond acceptors (Lipinski definition) is 7. The molecule has 0 radical (unpaired) electrons. The molecule has 11 nitrogen and oxygen atoms in total. The number of halogens is 2. The van der Waals surface area contributed by atoms with E-state index in [1.165, 1.54) is 12.1 Å². The lowest BCUT2D eigenvalue weighted by atomic mass is 10.0. The Hall–Kier alpha value is -4.52. The molecule has 2 aliphatic heterocycles. The second-order valence-electron chi connectivity index (χ2n) is 9.43. The zero-order chi connectivity index (χ0) is 27.5. The van der Waals surface area contributed by atoms with Crippen molar-refractivity contribution in [2.45, 2.75) is 25.3 Å². The molecule has 0 atom stereocenters. The van der Waals surface area contributed by atoms with E-state index in [4.69, 9.17) is 15.9 Å². The Morgan fingerprint density at radius 1 is 1.18 bits per heavy atom. The van der Waals surface area contributed by atoms with Crippen molar-refractivity contribution in [3.05, 3.63) is 70.3 Å². The Kier molecular flexibility index (Phi) is 7.41. The number of aromatic nitrogens is 2. The highest BCUT2D eigenvalue weighted by atomic mass is 19.1. The summed E-state index contributed by atoms with van der Waals surface area (Å²) in [5.41, 5.74) is 5.38. The molecule has 5 rings (SSSR count). The smallest absolute Gasteiger partial charge is 0.350 e. The average Bonchev–Trinajstić information content (AvgIpc) is 2.91. The number of guanidine groups is 1. The predicted octanol–water partition coefficient (Wildman–Crippen LogP) is 3.13. The van der Waals surface area contributed by atoms with Crippen LogP contribution in [0.4, 0.5) is 26.0 Å². The minimum atomic E-state index is -0.884. The number of nitrogens with one attached hydrogen (secondary N) is 4. The summed E-state index contributed by atoms with van der Waals surface area (Å²) in [6.07, 6.45) is 4.11. The summed E-state index contributed by atoms with van der Waals surface area (Å²) in [5, 5.41) is 15.5. The van der Waals surface area contributed by atoms with E-state index in [0.29, 0.717) is 29.8 Å². The van der Waals surface area contributed by atoms with E-state index in [1.54, 1.807) is 16.8 Å². The highest BCUT2D eigenvalue weighted by molar-refractivity contribution is 6.05. The number of carbonyl (C=O) groups is 1. The molecular weight excluding hydrogens is 510 g/mol. The quantitative estimate of drug-likeness (QED) is 0.137. The molecule has 1 saturated heterocycles. The molecule has 39 heavy (non-hydrogen) atoms. The summed E-state index contributed by atoms with van der Waals surface area (Å²) in [6, 6.07) is 7.49. The normalized spacial score (nSPS) is 14.9. The monoisotopic (exact) mass is 538 g/mol. The fraction of sp³-hybridized carbons (Fsp3) is 0.308. The first-order valence-corrected chi connectivity index (χ1v) is 12.6. The molecule has 1 amide bonds. The van der Waals surface area contributed by atoms with Crippen LogP contribution >= 0.6 is 0 Å². The number of nitrogens with two attached hydrogens (primary N) is 1. The largest absolute Gasteiger partial charge is 0.450 e. The first kappa shape index (κ1) is 26.1. The topological polar surface area (TPSA) is 150 Å². The van der Waals surface area contributed by atoms with E-state index in [9.17, 15) is 18.4 Å². The van der Waals surface area contributed by atoms with Gasteiger partial charge in [0.25, 0.3) is 5.91 Å². The van der Waals surface area contributed by atoms with Gasteiger partial charge in [-0.2, -0.15) is 4.98 Å². The summed E-state index contributed by atoms with van der Waals surface area (Å²) in [4.78, 5) is 32.0. The lowest BCUT2D eigenvalue weighted by Gasteiger charge is -2.33. The molecule has 13 heteroatoms. The molecule has 0 aliphatic carbocycles. The summed E-state index contributed by atoms with van der Waals surface area (Å²) >= 11 is 0. The number of fused-ring (bicyclic) bond motifs is 2. The molecule has 6 N–H and O–H groups in total. The number of rotatable bonds is 7. The van der Waals surface area contributed by atoms with E-state index in [2.05, 4.69) is 25.8 Å². The van der Waals surface area contributed by atoms with Crippen molar-refractivity contribution in [1.29, 1.82) is 5.41 Å². The zero-order valence-corrected chi connectivity index (χ0v) is 21.0. The standard InChI is InChI=1S/C26H28F2N8O3/c27-16-3-4-19(18(28)13-16)33-24(37)15-2-5-21-20(12-15)32-23-22(39-21)14-36(26(38)34-23)17-6-10-35(11-7-17)9-1-8-31-25(29)30/h2-5,12-14,17H,1,6-11H2,(H,33,37)(H4,29,30,31)(H,32,34,38). The SMILES string of the molecule is N=C(N)NCCCN1CCC(n2cc3c(nc2=O)Nc2cc(C(=O)Nc4ccc(F)cc4F)ccc2O3)CC1. The minimum Gasteiger partial charge on any atom is -0.450 e.